The number of carbonyl (C=O) groups excluding carboxylic acids is 1. The molecular weight excluding hydrogens is 254 g/mol. The number of carboxylic acid groups (broad SMARTS) is 1. The summed E-state index contributed by atoms with van der Waals surface area (Å²) >= 11 is 0. The molecule has 2 N–H and O–H groups in total. The summed E-state index contributed by atoms with van der Waals surface area (Å²) in [7, 11) is 0. The van der Waals surface area contributed by atoms with Crippen molar-refractivity contribution in [1.82, 2.24) is 5.32 Å². The second kappa shape index (κ2) is 6.59. The molecule has 2 rings (SSSR count). The van der Waals surface area contributed by atoms with Crippen LogP contribution in [0.4, 0.5) is 0 Å². The Morgan fingerprint density at radius 3 is 2.30 bits per heavy atom. The van der Waals surface area contributed by atoms with Crippen molar-refractivity contribution >= 4 is 11.9 Å². The van der Waals surface area contributed by atoms with E-state index in [0.29, 0.717) is 30.7 Å². The van der Waals surface area contributed by atoms with Gasteiger partial charge in [0.25, 0.3) is 0 Å². The monoisotopic (exact) mass is 281 g/mol. The van der Waals surface area contributed by atoms with Crippen LogP contribution in [0.1, 0.15) is 58.8 Å². The van der Waals surface area contributed by atoms with E-state index in [-0.39, 0.29) is 17.7 Å². The fraction of sp³-hybridized carbons (Fsp3) is 0.875. The van der Waals surface area contributed by atoms with Crippen LogP contribution in [0, 0.1) is 23.7 Å². The van der Waals surface area contributed by atoms with Crippen molar-refractivity contribution in [2.75, 3.05) is 0 Å². The first-order valence-corrected chi connectivity index (χ1v) is 8.02. The van der Waals surface area contributed by atoms with Crippen molar-refractivity contribution in [2.24, 2.45) is 23.7 Å². The topological polar surface area (TPSA) is 66.4 Å². The van der Waals surface area contributed by atoms with Crippen LogP contribution in [0.15, 0.2) is 0 Å². The molecule has 0 aromatic heterocycles. The number of hydrogen-bond acceptors (Lipinski definition) is 2. The average molecular weight is 281 g/mol. The van der Waals surface area contributed by atoms with Gasteiger partial charge in [-0.1, -0.05) is 26.7 Å². The van der Waals surface area contributed by atoms with Crippen LogP contribution in [0.25, 0.3) is 0 Å². The van der Waals surface area contributed by atoms with Gasteiger partial charge in [-0.3, -0.25) is 9.59 Å². The van der Waals surface area contributed by atoms with Crippen molar-refractivity contribution in [2.45, 2.75) is 64.8 Å². The number of amides is 1. The Morgan fingerprint density at radius 1 is 1.05 bits per heavy atom. The van der Waals surface area contributed by atoms with Gasteiger partial charge in [0, 0.05) is 12.0 Å². The van der Waals surface area contributed by atoms with E-state index in [4.69, 9.17) is 5.11 Å². The summed E-state index contributed by atoms with van der Waals surface area (Å²) in [6.45, 7) is 4.45. The summed E-state index contributed by atoms with van der Waals surface area (Å²) in [5, 5.41) is 12.2. The summed E-state index contributed by atoms with van der Waals surface area (Å²) in [5.41, 5.74) is 0. The number of carbonyl (C=O) groups is 2. The van der Waals surface area contributed by atoms with E-state index in [9.17, 15) is 9.59 Å². The molecule has 2 aliphatic carbocycles. The Labute approximate surface area is 121 Å². The first-order chi connectivity index (χ1) is 9.49. The molecule has 0 spiro atoms. The zero-order chi connectivity index (χ0) is 14.7. The highest BCUT2D eigenvalue weighted by Crippen LogP contribution is 2.33. The Morgan fingerprint density at radius 2 is 1.70 bits per heavy atom. The molecule has 0 aromatic rings. The molecule has 4 unspecified atom stereocenters. The zero-order valence-corrected chi connectivity index (χ0v) is 12.6. The lowest BCUT2D eigenvalue weighted by Crippen LogP contribution is -2.45. The average Bonchev–Trinajstić information content (AvgIpc) is 2.89. The maximum absolute atomic E-state index is 12.3. The minimum absolute atomic E-state index is 0.0892. The third-order valence-electron chi connectivity index (χ3n) is 5.16. The minimum atomic E-state index is -0.752. The van der Waals surface area contributed by atoms with Crippen molar-refractivity contribution in [3.8, 4) is 0 Å². The van der Waals surface area contributed by atoms with Gasteiger partial charge in [-0.15, -0.1) is 0 Å². The summed E-state index contributed by atoms with van der Waals surface area (Å²) in [4.78, 5) is 23.3. The molecule has 1 amide bonds. The van der Waals surface area contributed by atoms with E-state index in [1.54, 1.807) is 0 Å². The first kappa shape index (κ1) is 15.3. The molecule has 0 bridgehead atoms. The van der Waals surface area contributed by atoms with Crippen LogP contribution in [0.2, 0.25) is 0 Å². The lowest BCUT2D eigenvalue weighted by Gasteiger charge is -2.35. The van der Waals surface area contributed by atoms with Gasteiger partial charge in [-0.2, -0.15) is 0 Å². The Hall–Kier alpha value is -1.06. The van der Waals surface area contributed by atoms with Crippen molar-refractivity contribution < 1.29 is 14.7 Å². The largest absolute Gasteiger partial charge is 0.481 e. The Balaban J connectivity index is 1.89. The number of hydrogen-bond donors (Lipinski definition) is 2. The third-order valence-corrected chi connectivity index (χ3v) is 5.16. The van der Waals surface area contributed by atoms with Gasteiger partial charge in [-0.05, 0) is 43.9 Å². The van der Waals surface area contributed by atoms with E-state index in [0.717, 1.165) is 12.8 Å². The normalized spacial score (nSPS) is 34.1. The molecule has 4 heteroatoms. The predicted octanol–water partition coefficient (Wildman–Crippen LogP) is 2.82. The molecule has 0 aliphatic heterocycles. The second-order valence-corrected chi connectivity index (χ2v) is 6.85. The van der Waals surface area contributed by atoms with E-state index in [2.05, 4.69) is 19.2 Å². The van der Waals surface area contributed by atoms with Gasteiger partial charge < -0.3 is 10.4 Å². The van der Waals surface area contributed by atoms with Gasteiger partial charge in [-0.25, -0.2) is 0 Å². The molecule has 2 fully saturated rings. The zero-order valence-electron chi connectivity index (χ0n) is 12.6. The predicted molar refractivity (Wildman–Crippen MR) is 77.2 cm³/mol. The first-order valence-electron chi connectivity index (χ1n) is 8.02. The molecule has 0 heterocycles. The highest BCUT2D eigenvalue weighted by molar-refractivity contribution is 5.81. The molecule has 2 saturated carbocycles. The van der Waals surface area contributed by atoms with E-state index in [1.165, 1.54) is 19.3 Å². The summed E-state index contributed by atoms with van der Waals surface area (Å²) in [5.74, 6) is 0.0912. The number of nitrogens with one attached hydrogen (secondary N) is 1. The van der Waals surface area contributed by atoms with Crippen LogP contribution >= 0.6 is 0 Å². The fourth-order valence-electron chi connectivity index (χ4n) is 3.88. The van der Waals surface area contributed by atoms with Crippen molar-refractivity contribution in [3.05, 3.63) is 0 Å². The number of carboxylic acids is 1. The van der Waals surface area contributed by atoms with E-state index in [1.807, 2.05) is 0 Å². The van der Waals surface area contributed by atoms with Crippen LogP contribution in [0.3, 0.4) is 0 Å². The minimum Gasteiger partial charge on any atom is -0.481 e. The summed E-state index contributed by atoms with van der Waals surface area (Å²) in [6.07, 6.45) is 6.61. The SMILES string of the molecule is CC(C)C1CCCCC1NC(=O)C1CCC(C(=O)O)C1. The maximum atomic E-state index is 12.3. The molecule has 0 radical (unpaired) electrons. The van der Waals surface area contributed by atoms with Crippen molar-refractivity contribution in [3.63, 3.8) is 0 Å². The second-order valence-electron chi connectivity index (χ2n) is 6.85. The van der Waals surface area contributed by atoms with Crippen molar-refractivity contribution in [1.29, 1.82) is 0 Å². The molecule has 0 aromatic carbocycles. The van der Waals surface area contributed by atoms with Gasteiger partial charge in [0.05, 0.1) is 5.92 Å². The molecule has 4 nitrogen and oxygen atoms in total. The molecule has 4 atom stereocenters. The quantitative estimate of drug-likeness (QED) is 0.832. The Bertz CT molecular complexity index is 367. The summed E-state index contributed by atoms with van der Waals surface area (Å²) in [6, 6.07) is 0.292. The standard InChI is InChI=1S/C16H27NO3/c1-10(2)13-5-3-4-6-14(13)17-15(18)11-7-8-12(9-11)16(19)20/h10-14H,3-9H2,1-2H3,(H,17,18)(H,19,20). The van der Waals surface area contributed by atoms with Gasteiger partial charge in [0.1, 0.15) is 0 Å². The molecule has 0 saturated heterocycles. The lowest BCUT2D eigenvalue weighted by atomic mass is 9.77. The van der Waals surface area contributed by atoms with Gasteiger partial charge in [0.2, 0.25) is 5.91 Å². The highest BCUT2D eigenvalue weighted by atomic mass is 16.4. The van der Waals surface area contributed by atoms with Crippen LogP contribution in [0.5, 0.6) is 0 Å². The molecular formula is C16H27NO3. The molecule has 114 valence electrons. The van der Waals surface area contributed by atoms with Crippen LogP contribution in [-0.4, -0.2) is 23.0 Å². The summed E-state index contributed by atoms with van der Waals surface area (Å²) < 4.78 is 0. The Kier molecular flexibility index (Phi) is 5.06. The number of aliphatic carboxylic acids is 1. The highest BCUT2D eigenvalue weighted by Gasteiger charge is 2.36. The van der Waals surface area contributed by atoms with E-state index >= 15 is 0 Å². The third kappa shape index (κ3) is 3.53. The number of rotatable bonds is 4. The molecule has 20 heavy (non-hydrogen) atoms. The van der Waals surface area contributed by atoms with E-state index < -0.39 is 5.97 Å². The van der Waals surface area contributed by atoms with Crippen LogP contribution < -0.4 is 5.32 Å². The van der Waals surface area contributed by atoms with Crippen LogP contribution in [-0.2, 0) is 9.59 Å². The lowest BCUT2D eigenvalue weighted by molar-refractivity contribution is -0.141. The van der Waals surface area contributed by atoms with Gasteiger partial charge in [0.15, 0.2) is 0 Å². The fourth-order valence-corrected chi connectivity index (χ4v) is 3.88. The smallest absolute Gasteiger partial charge is 0.306 e. The van der Waals surface area contributed by atoms with Gasteiger partial charge >= 0.3 is 5.97 Å². The maximum Gasteiger partial charge on any atom is 0.306 e. The molecule has 2 aliphatic rings.